The summed E-state index contributed by atoms with van der Waals surface area (Å²) in [6.45, 7) is 1.84. The van der Waals surface area contributed by atoms with E-state index >= 15 is 0 Å². The molecule has 0 aliphatic rings. The lowest BCUT2D eigenvalue weighted by Crippen LogP contribution is -2.06. The van der Waals surface area contributed by atoms with Gasteiger partial charge in [0, 0.05) is 6.20 Å². The molecule has 0 aliphatic carbocycles. The Morgan fingerprint density at radius 1 is 1.33 bits per heavy atom. The third kappa shape index (κ3) is 2.34. The summed E-state index contributed by atoms with van der Waals surface area (Å²) in [5.74, 6) is -0.839. The Morgan fingerprint density at radius 3 is 2.83 bits per heavy atom. The predicted molar refractivity (Wildman–Crippen MR) is 63.5 cm³/mol. The quantitative estimate of drug-likeness (QED) is 0.763. The Labute approximate surface area is 103 Å². The number of carbonyl (C=O) groups excluding carboxylic acids is 1. The van der Waals surface area contributed by atoms with E-state index in [1.807, 2.05) is 6.92 Å². The number of nitrogens with zero attached hydrogens (tertiary/aromatic N) is 2. The molecule has 2 aromatic rings. The van der Waals surface area contributed by atoms with E-state index in [-0.39, 0.29) is 17.1 Å². The normalized spacial score (nSPS) is 10.2. The summed E-state index contributed by atoms with van der Waals surface area (Å²) in [5, 5.41) is 0. The van der Waals surface area contributed by atoms with E-state index in [0.29, 0.717) is 0 Å². The zero-order valence-electron chi connectivity index (χ0n) is 9.98. The van der Waals surface area contributed by atoms with Crippen molar-refractivity contribution in [2.45, 2.75) is 6.92 Å². The van der Waals surface area contributed by atoms with Gasteiger partial charge in [-0.3, -0.25) is 0 Å². The topological polar surface area (TPSA) is 52.1 Å². The molecule has 0 N–H and O–H groups in total. The van der Waals surface area contributed by atoms with Crippen LogP contribution in [0.15, 0.2) is 30.5 Å². The van der Waals surface area contributed by atoms with Crippen molar-refractivity contribution in [1.82, 2.24) is 9.97 Å². The zero-order valence-corrected chi connectivity index (χ0v) is 9.98. The Bertz CT molecular complexity index is 599. The van der Waals surface area contributed by atoms with Crippen molar-refractivity contribution < 1.29 is 13.9 Å². The maximum Gasteiger partial charge on any atom is 0.356 e. The molecule has 0 spiro atoms. The van der Waals surface area contributed by atoms with Crippen molar-refractivity contribution in [3.8, 4) is 11.4 Å². The van der Waals surface area contributed by atoms with Gasteiger partial charge in [0.05, 0.1) is 12.7 Å². The van der Waals surface area contributed by atoms with E-state index in [0.717, 1.165) is 5.56 Å². The molecule has 92 valence electrons. The highest BCUT2D eigenvalue weighted by molar-refractivity contribution is 5.87. The van der Waals surface area contributed by atoms with Crippen molar-refractivity contribution in [3.05, 3.63) is 47.5 Å². The molecule has 18 heavy (non-hydrogen) atoms. The SMILES string of the molecule is COC(=O)c1ccnc(-c2cc(C)ccc2F)n1. The lowest BCUT2D eigenvalue weighted by atomic mass is 10.1. The molecule has 1 aromatic carbocycles. The number of esters is 1. The molecule has 1 aromatic heterocycles. The Morgan fingerprint density at radius 2 is 2.11 bits per heavy atom. The summed E-state index contributed by atoms with van der Waals surface area (Å²) in [6, 6.07) is 6.05. The van der Waals surface area contributed by atoms with Gasteiger partial charge in [-0.15, -0.1) is 0 Å². The summed E-state index contributed by atoms with van der Waals surface area (Å²) in [5.41, 5.74) is 1.25. The van der Waals surface area contributed by atoms with Gasteiger partial charge in [0.1, 0.15) is 5.82 Å². The first-order chi connectivity index (χ1) is 8.61. The number of aryl methyl sites for hydroxylation is 1. The van der Waals surface area contributed by atoms with Crippen LogP contribution >= 0.6 is 0 Å². The molecule has 0 amide bonds. The molecular formula is C13H11FN2O2. The highest BCUT2D eigenvalue weighted by atomic mass is 19.1. The molecule has 1 heterocycles. The molecule has 0 radical (unpaired) electrons. The minimum Gasteiger partial charge on any atom is -0.464 e. The van der Waals surface area contributed by atoms with Crippen LogP contribution in [0.2, 0.25) is 0 Å². The first-order valence-electron chi connectivity index (χ1n) is 5.29. The fraction of sp³-hybridized carbons (Fsp3) is 0.154. The lowest BCUT2D eigenvalue weighted by molar-refractivity contribution is 0.0594. The van der Waals surface area contributed by atoms with E-state index in [9.17, 15) is 9.18 Å². The van der Waals surface area contributed by atoms with Gasteiger partial charge in [0.25, 0.3) is 0 Å². The minimum absolute atomic E-state index is 0.100. The van der Waals surface area contributed by atoms with Crippen LogP contribution in [0.3, 0.4) is 0 Å². The molecule has 0 saturated carbocycles. The van der Waals surface area contributed by atoms with Gasteiger partial charge >= 0.3 is 5.97 Å². The van der Waals surface area contributed by atoms with Gasteiger partial charge < -0.3 is 4.74 Å². The fourth-order valence-corrected chi connectivity index (χ4v) is 1.52. The molecule has 0 unspecified atom stereocenters. The number of rotatable bonds is 2. The van der Waals surface area contributed by atoms with Gasteiger partial charge in [-0.1, -0.05) is 11.6 Å². The van der Waals surface area contributed by atoms with Crippen molar-refractivity contribution >= 4 is 5.97 Å². The van der Waals surface area contributed by atoms with Gasteiger partial charge in [0.2, 0.25) is 0 Å². The summed E-state index contributed by atoms with van der Waals surface area (Å²) >= 11 is 0. The molecule has 2 rings (SSSR count). The number of aromatic nitrogens is 2. The second-order valence-corrected chi connectivity index (χ2v) is 3.74. The van der Waals surface area contributed by atoms with Gasteiger partial charge in [-0.25, -0.2) is 19.2 Å². The molecule has 0 atom stereocenters. The number of carbonyl (C=O) groups is 1. The van der Waals surface area contributed by atoms with E-state index in [4.69, 9.17) is 0 Å². The van der Waals surface area contributed by atoms with E-state index in [1.165, 1.54) is 25.4 Å². The van der Waals surface area contributed by atoms with Crippen molar-refractivity contribution in [2.24, 2.45) is 0 Å². The molecule has 0 fully saturated rings. The Kier molecular flexibility index (Phi) is 3.32. The number of halogens is 1. The summed E-state index contributed by atoms with van der Waals surface area (Å²) in [7, 11) is 1.26. The van der Waals surface area contributed by atoms with Crippen molar-refractivity contribution in [1.29, 1.82) is 0 Å². The van der Waals surface area contributed by atoms with Crippen LogP contribution in [0, 0.1) is 12.7 Å². The zero-order chi connectivity index (χ0) is 13.1. The first kappa shape index (κ1) is 12.2. The first-order valence-corrected chi connectivity index (χ1v) is 5.29. The van der Waals surface area contributed by atoms with Crippen molar-refractivity contribution in [2.75, 3.05) is 7.11 Å². The number of methoxy groups -OCH3 is 1. The van der Waals surface area contributed by atoms with Gasteiger partial charge in [-0.2, -0.15) is 0 Å². The number of hydrogen-bond acceptors (Lipinski definition) is 4. The average molecular weight is 246 g/mol. The predicted octanol–water partition coefficient (Wildman–Crippen LogP) is 2.38. The third-order valence-corrected chi connectivity index (χ3v) is 2.41. The molecule has 0 bridgehead atoms. The molecule has 4 nitrogen and oxygen atoms in total. The van der Waals surface area contributed by atoms with Crippen LogP contribution in [-0.2, 0) is 4.74 Å². The largest absolute Gasteiger partial charge is 0.464 e. The van der Waals surface area contributed by atoms with Crippen LogP contribution < -0.4 is 0 Å². The van der Waals surface area contributed by atoms with Gasteiger partial charge in [0.15, 0.2) is 11.5 Å². The number of ether oxygens (including phenoxy) is 1. The Hall–Kier alpha value is -2.30. The molecule has 0 saturated heterocycles. The van der Waals surface area contributed by atoms with Crippen LogP contribution in [-0.4, -0.2) is 23.0 Å². The van der Waals surface area contributed by atoms with Crippen molar-refractivity contribution in [3.63, 3.8) is 0 Å². The molecular weight excluding hydrogens is 235 g/mol. The second-order valence-electron chi connectivity index (χ2n) is 3.74. The standard InChI is InChI=1S/C13H11FN2O2/c1-8-3-4-10(14)9(7-8)12-15-6-5-11(16-12)13(17)18-2/h3-7H,1-2H3. The monoisotopic (exact) mass is 246 g/mol. The van der Waals surface area contributed by atoms with E-state index in [1.54, 1.807) is 12.1 Å². The highest BCUT2D eigenvalue weighted by Gasteiger charge is 2.12. The van der Waals surface area contributed by atoms with Gasteiger partial charge in [-0.05, 0) is 25.1 Å². The summed E-state index contributed by atoms with van der Waals surface area (Å²) < 4.78 is 18.2. The second kappa shape index (κ2) is 4.91. The third-order valence-electron chi connectivity index (χ3n) is 2.41. The summed E-state index contributed by atoms with van der Waals surface area (Å²) in [4.78, 5) is 19.3. The van der Waals surface area contributed by atoms with E-state index < -0.39 is 11.8 Å². The Balaban J connectivity index is 2.51. The van der Waals surface area contributed by atoms with Crippen LogP contribution in [0.1, 0.15) is 16.1 Å². The highest BCUT2D eigenvalue weighted by Crippen LogP contribution is 2.20. The fourth-order valence-electron chi connectivity index (χ4n) is 1.52. The number of benzene rings is 1. The minimum atomic E-state index is -0.577. The van der Waals surface area contributed by atoms with Crippen LogP contribution in [0.4, 0.5) is 4.39 Å². The van der Waals surface area contributed by atoms with E-state index in [2.05, 4.69) is 14.7 Å². The summed E-state index contributed by atoms with van der Waals surface area (Å²) in [6.07, 6.45) is 1.40. The average Bonchev–Trinajstić information content (AvgIpc) is 2.40. The smallest absolute Gasteiger partial charge is 0.356 e. The number of hydrogen-bond donors (Lipinski definition) is 0. The maximum absolute atomic E-state index is 13.7. The lowest BCUT2D eigenvalue weighted by Gasteiger charge is -2.04. The van der Waals surface area contributed by atoms with Crippen LogP contribution in [0.25, 0.3) is 11.4 Å². The maximum atomic E-state index is 13.7. The molecule has 0 aliphatic heterocycles. The van der Waals surface area contributed by atoms with Crippen LogP contribution in [0.5, 0.6) is 0 Å². The molecule has 5 heteroatoms.